The van der Waals surface area contributed by atoms with E-state index in [1.165, 1.54) is 6.07 Å². The van der Waals surface area contributed by atoms with E-state index in [1.807, 2.05) is 12.1 Å². The number of anilines is 2. The lowest BCUT2D eigenvalue weighted by molar-refractivity contribution is -0.137. The number of alkyl halides is 3. The Morgan fingerprint density at radius 2 is 1.74 bits per heavy atom. The van der Waals surface area contributed by atoms with Gasteiger partial charge in [0.25, 0.3) is 11.8 Å². The summed E-state index contributed by atoms with van der Waals surface area (Å²) in [5, 5.41) is 6.20. The molecule has 3 aromatic carbocycles. The molecule has 0 unspecified atom stereocenters. The van der Waals surface area contributed by atoms with E-state index >= 15 is 0 Å². The second-order valence-electron chi connectivity index (χ2n) is 8.68. The standard InChI is InChI=1S/C27H23ClF3IN4O2/c28-23-9-7-17(13-22(23)27(29,30)31)16-33-35-26(38)21-15-20(36-11-2-1-3-12-36)8-10-24(21)34-25(37)18-5-4-6-19(32)14-18/h4-10,13-16H,1-3,11-12H2,(H,34,37)(H,35,38). The van der Waals surface area contributed by atoms with Gasteiger partial charge in [0, 0.05) is 27.9 Å². The van der Waals surface area contributed by atoms with Gasteiger partial charge in [-0.05, 0) is 95.9 Å². The van der Waals surface area contributed by atoms with Crippen LogP contribution in [0, 0.1) is 3.57 Å². The highest BCUT2D eigenvalue weighted by molar-refractivity contribution is 14.1. The summed E-state index contributed by atoms with van der Waals surface area (Å²) in [6.45, 7) is 1.71. The number of piperidine rings is 1. The minimum atomic E-state index is -4.62. The number of carbonyl (C=O) groups is 2. The third-order valence-corrected chi connectivity index (χ3v) is 6.98. The zero-order valence-electron chi connectivity index (χ0n) is 20.0. The summed E-state index contributed by atoms with van der Waals surface area (Å²) in [5.41, 5.74) is 3.20. The minimum Gasteiger partial charge on any atom is -0.372 e. The molecule has 2 amide bonds. The van der Waals surface area contributed by atoms with Crippen molar-refractivity contribution in [2.24, 2.45) is 5.10 Å². The lowest BCUT2D eigenvalue weighted by Crippen LogP contribution is -2.30. The highest BCUT2D eigenvalue weighted by Gasteiger charge is 2.33. The molecule has 1 heterocycles. The van der Waals surface area contributed by atoms with Gasteiger partial charge in [0.15, 0.2) is 0 Å². The van der Waals surface area contributed by atoms with Gasteiger partial charge in [-0.3, -0.25) is 9.59 Å². The van der Waals surface area contributed by atoms with Crippen LogP contribution in [0.25, 0.3) is 0 Å². The molecule has 38 heavy (non-hydrogen) atoms. The van der Waals surface area contributed by atoms with Gasteiger partial charge in [-0.15, -0.1) is 0 Å². The Bertz CT molecular complexity index is 1370. The van der Waals surface area contributed by atoms with Crippen LogP contribution in [0.2, 0.25) is 5.02 Å². The number of halogens is 5. The first-order valence-electron chi connectivity index (χ1n) is 11.8. The molecule has 4 rings (SSSR count). The number of nitrogens with one attached hydrogen (secondary N) is 2. The second kappa shape index (κ2) is 12.2. The van der Waals surface area contributed by atoms with E-state index in [0.717, 1.165) is 60.0 Å². The molecule has 1 aliphatic rings. The molecular weight excluding hydrogens is 632 g/mol. The number of hydrogen-bond donors (Lipinski definition) is 2. The Morgan fingerprint density at radius 1 is 0.974 bits per heavy atom. The van der Waals surface area contributed by atoms with Gasteiger partial charge in [-0.25, -0.2) is 5.43 Å². The maximum Gasteiger partial charge on any atom is 0.417 e. The van der Waals surface area contributed by atoms with Crippen LogP contribution in [-0.2, 0) is 6.18 Å². The summed E-state index contributed by atoms with van der Waals surface area (Å²) < 4.78 is 40.3. The van der Waals surface area contributed by atoms with Crippen molar-refractivity contribution in [3.8, 4) is 0 Å². The van der Waals surface area contributed by atoms with Crippen molar-refractivity contribution in [2.45, 2.75) is 25.4 Å². The number of nitrogens with zero attached hydrogens (tertiary/aromatic N) is 2. The summed E-state index contributed by atoms with van der Waals surface area (Å²) >= 11 is 7.77. The van der Waals surface area contributed by atoms with Gasteiger partial charge < -0.3 is 10.2 Å². The molecule has 0 bridgehead atoms. The molecule has 11 heteroatoms. The van der Waals surface area contributed by atoms with Crippen molar-refractivity contribution in [1.29, 1.82) is 0 Å². The first-order valence-corrected chi connectivity index (χ1v) is 13.2. The first kappa shape index (κ1) is 27.9. The van der Waals surface area contributed by atoms with Crippen LogP contribution in [0.4, 0.5) is 24.5 Å². The quantitative estimate of drug-likeness (QED) is 0.171. The van der Waals surface area contributed by atoms with Crippen LogP contribution < -0.4 is 15.6 Å². The number of hydrazone groups is 1. The van der Waals surface area contributed by atoms with E-state index < -0.39 is 22.7 Å². The van der Waals surface area contributed by atoms with Gasteiger partial charge in [0.2, 0.25) is 0 Å². The molecule has 0 aromatic heterocycles. The Morgan fingerprint density at radius 3 is 2.45 bits per heavy atom. The zero-order chi connectivity index (χ0) is 27.3. The molecule has 1 saturated heterocycles. The highest BCUT2D eigenvalue weighted by Crippen LogP contribution is 2.35. The summed E-state index contributed by atoms with van der Waals surface area (Å²) in [6.07, 6.45) is -0.301. The molecule has 3 aromatic rings. The molecule has 1 fully saturated rings. The topological polar surface area (TPSA) is 73.8 Å². The fourth-order valence-corrected chi connectivity index (χ4v) is 4.84. The number of benzene rings is 3. The number of carbonyl (C=O) groups excluding carboxylic acids is 2. The molecule has 0 saturated carbocycles. The van der Waals surface area contributed by atoms with Crippen molar-refractivity contribution >= 4 is 63.6 Å². The van der Waals surface area contributed by atoms with E-state index in [-0.39, 0.29) is 22.7 Å². The van der Waals surface area contributed by atoms with Crippen molar-refractivity contribution in [1.82, 2.24) is 5.43 Å². The highest BCUT2D eigenvalue weighted by atomic mass is 127. The molecule has 0 aliphatic carbocycles. The van der Waals surface area contributed by atoms with Gasteiger partial charge in [-0.2, -0.15) is 18.3 Å². The first-order chi connectivity index (χ1) is 18.1. The van der Waals surface area contributed by atoms with E-state index in [4.69, 9.17) is 11.6 Å². The van der Waals surface area contributed by atoms with Crippen LogP contribution in [0.5, 0.6) is 0 Å². The van der Waals surface area contributed by atoms with Crippen LogP contribution in [0.3, 0.4) is 0 Å². The monoisotopic (exact) mass is 654 g/mol. The largest absolute Gasteiger partial charge is 0.417 e. The molecule has 0 atom stereocenters. The van der Waals surface area contributed by atoms with Crippen LogP contribution in [0.1, 0.15) is 51.1 Å². The minimum absolute atomic E-state index is 0.108. The van der Waals surface area contributed by atoms with E-state index in [1.54, 1.807) is 30.3 Å². The van der Waals surface area contributed by atoms with Crippen molar-refractivity contribution < 1.29 is 22.8 Å². The van der Waals surface area contributed by atoms with Crippen LogP contribution in [-0.4, -0.2) is 31.1 Å². The molecule has 2 N–H and O–H groups in total. The van der Waals surface area contributed by atoms with E-state index in [9.17, 15) is 22.8 Å². The summed E-state index contributed by atoms with van der Waals surface area (Å²) in [6, 6.07) is 15.6. The molecule has 0 radical (unpaired) electrons. The maximum absolute atomic E-state index is 13.1. The van der Waals surface area contributed by atoms with Crippen molar-refractivity contribution in [3.63, 3.8) is 0 Å². The maximum atomic E-state index is 13.1. The predicted molar refractivity (Wildman–Crippen MR) is 151 cm³/mol. The van der Waals surface area contributed by atoms with E-state index in [2.05, 4.69) is 43.3 Å². The summed E-state index contributed by atoms with van der Waals surface area (Å²) in [7, 11) is 0. The smallest absolute Gasteiger partial charge is 0.372 e. The Balaban J connectivity index is 1.58. The fraction of sp³-hybridized carbons (Fsp3) is 0.222. The van der Waals surface area contributed by atoms with E-state index in [0.29, 0.717) is 5.56 Å². The molecule has 1 aliphatic heterocycles. The Labute approximate surface area is 236 Å². The molecule has 198 valence electrons. The zero-order valence-corrected chi connectivity index (χ0v) is 22.9. The summed E-state index contributed by atoms with van der Waals surface area (Å²) in [4.78, 5) is 28.2. The lowest BCUT2D eigenvalue weighted by Gasteiger charge is -2.29. The number of rotatable bonds is 6. The Kier molecular flexibility index (Phi) is 8.93. The molecular formula is C27H23ClF3IN4O2. The predicted octanol–water partition coefficient (Wildman–Crippen LogP) is 6.97. The number of hydrogen-bond acceptors (Lipinski definition) is 4. The molecule has 6 nitrogen and oxygen atoms in total. The van der Waals surface area contributed by atoms with Crippen LogP contribution >= 0.6 is 34.2 Å². The Hall–Kier alpha value is -3.12. The van der Waals surface area contributed by atoms with Gasteiger partial charge in [-0.1, -0.05) is 23.7 Å². The average molecular weight is 655 g/mol. The third kappa shape index (κ3) is 7.04. The third-order valence-electron chi connectivity index (χ3n) is 5.98. The van der Waals surface area contributed by atoms with Gasteiger partial charge >= 0.3 is 6.18 Å². The lowest BCUT2D eigenvalue weighted by atomic mass is 10.1. The SMILES string of the molecule is O=C(Nc1ccc(N2CCCCC2)cc1C(=O)NN=Cc1ccc(Cl)c(C(F)(F)F)c1)c1cccc(I)c1. The van der Waals surface area contributed by atoms with Gasteiger partial charge in [0.1, 0.15) is 0 Å². The van der Waals surface area contributed by atoms with Gasteiger partial charge in [0.05, 0.1) is 28.1 Å². The average Bonchev–Trinajstić information content (AvgIpc) is 2.89. The normalized spacial score (nSPS) is 14.0. The second-order valence-corrected chi connectivity index (χ2v) is 10.3. The van der Waals surface area contributed by atoms with Crippen LogP contribution in [0.15, 0.2) is 65.8 Å². The fourth-order valence-electron chi connectivity index (χ4n) is 4.07. The number of amides is 2. The van der Waals surface area contributed by atoms with Crippen molar-refractivity contribution in [3.05, 3.63) is 91.5 Å². The summed E-state index contributed by atoms with van der Waals surface area (Å²) in [5.74, 6) is -1.00. The van der Waals surface area contributed by atoms with Crippen molar-refractivity contribution in [2.75, 3.05) is 23.3 Å². The molecule has 0 spiro atoms.